The van der Waals surface area contributed by atoms with E-state index >= 15 is 0 Å². The van der Waals surface area contributed by atoms with E-state index in [2.05, 4.69) is 16.5 Å². The Balaban J connectivity index is 2.33. The average Bonchev–Trinajstić information content (AvgIpc) is 2.78. The summed E-state index contributed by atoms with van der Waals surface area (Å²) in [5, 5.41) is 0. The molecule has 2 aromatic rings. The minimum Gasteiger partial charge on any atom is -0.389 e. The first kappa shape index (κ1) is 11.8. The quantitative estimate of drug-likeness (QED) is 0.841. The van der Waals surface area contributed by atoms with E-state index < -0.39 is 0 Å². The number of nitrogens with zero attached hydrogens (tertiary/aromatic N) is 2. The minimum absolute atomic E-state index is 0.427. The highest BCUT2D eigenvalue weighted by Crippen LogP contribution is 2.13. The number of hydrogen-bond acceptors (Lipinski definition) is 2. The number of nitrogens with two attached hydrogens (primary N) is 1. The van der Waals surface area contributed by atoms with Gasteiger partial charge in [-0.2, -0.15) is 0 Å². The molecule has 1 aromatic carbocycles. The summed E-state index contributed by atoms with van der Waals surface area (Å²) in [6.45, 7) is 2.15. The third-order valence-corrected chi connectivity index (χ3v) is 2.86. The number of aromatic nitrogens is 2. The number of imidazole rings is 1. The number of rotatable bonds is 4. The van der Waals surface area contributed by atoms with Crippen LogP contribution in [-0.4, -0.2) is 14.5 Å². The SMILES string of the molecule is CCCc1nccn1-c1ccc(C(N)=S)cc1. The fraction of sp³-hybridized carbons (Fsp3) is 0.231. The van der Waals surface area contributed by atoms with Gasteiger partial charge in [0, 0.05) is 30.1 Å². The molecule has 0 aliphatic carbocycles. The van der Waals surface area contributed by atoms with Crippen LogP contribution in [0.25, 0.3) is 5.69 Å². The molecule has 0 unspecified atom stereocenters. The summed E-state index contributed by atoms with van der Waals surface area (Å²) in [5.41, 5.74) is 7.55. The predicted molar refractivity (Wildman–Crippen MR) is 73.4 cm³/mol. The van der Waals surface area contributed by atoms with Crippen molar-refractivity contribution in [1.29, 1.82) is 0 Å². The Morgan fingerprint density at radius 1 is 1.35 bits per heavy atom. The van der Waals surface area contributed by atoms with E-state index in [1.165, 1.54) is 0 Å². The van der Waals surface area contributed by atoms with E-state index in [0.717, 1.165) is 29.9 Å². The summed E-state index contributed by atoms with van der Waals surface area (Å²) in [5.74, 6) is 1.08. The second kappa shape index (κ2) is 5.10. The zero-order valence-electron chi connectivity index (χ0n) is 9.76. The van der Waals surface area contributed by atoms with E-state index in [0.29, 0.717) is 4.99 Å². The Bertz CT molecular complexity index is 514. The molecule has 0 aliphatic heterocycles. The predicted octanol–water partition coefficient (Wildman–Crippen LogP) is 2.46. The lowest BCUT2D eigenvalue weighted by atomic mass is 10.2. The Morgan fingerprint density at radius 2 is 2.06 bits per heavy atom. The van der Waals surface area contributed by atoms with Gasteiger partial charge < -0.3 is 10.3 Å². The fourth-order valence-corrected chi connectivity index (χ4v) is 1.90. The van der Waals surface area contributed by atoms with E-state index in [1.54, 1.807) is 0 Å². The summed E-state index contributed by atoms with van der Waals surface area (Å²) in [7, 11) is 0. The molecule has 1 aromatic heterocycles. The van der Waals surface area contributed by atoms with Gasteiger partial charge in [-0.15, -0.1) is 0 Å². The van der Waals surface area contributed by atoms with E-state index in [4.69, 9.17) is 18.0 Å². The molecule has 0 saturated carbocycles. The number of hydrogen-bond donors (Lipinski definition) is 1. The van der Waals surface area contributed by atoms with Crippen LogP contribution in [0.15, 0.2) is 36.7 Å². The summed E-state index contributed by atoms with van der Waals surface area (Å²) < 4.78 is 2.09. The second-order valence-corrected chi connectivity index (χ2v) is 4.31. The van der Waals surface area contributed by atoms with Crippen LogP contribution in [0.1, 0.15) is 24.7 Å². The lowest BCUT2D eigenvalue weighted by Crippen LogP contribution is -2.09. The Hall–Kier alpha value is -1.68. The molecule has 2 N–H and O–H groups in total. The molecule has 0 aliphatic rings. The standard InChI is InChI=1S/C13H15N3S/c1-2-3-12-15-8-9-16(12)11-6-4-10(5-7-11)13(14)17/h4-9H,2-3H2,1H3,(H2,14,17). The van der Waals surface area contributed by atoms with Crippen LogP contribution in [0.5, 0.6) is 0 Å². The summed E-state index contributed by atoms with van der Waals surface area (Å²) >= 11 is 4.93. The van der Waals surface area contributed by atoms with Crippen LogP contribution in [0.2, 0.25) is 0 Å². The van der Waals surface area contributed by atoms with Gasteiger partial charge in [0.25, 0.3) is 0 Å². The number of aryl methyl sites for hydroxylation is 1. The molecule has 0 radical (unpaired) electrons. The molecule has 4 heteroatoms. The molecular formula is C13H15N3S. The topological polar surface area (TPSA) is 43.8 Å². The molecule has 17 heavy (non-hydrogen) atoms. The summed E-state index contributed by atoms with van der Waals surface area (Å²) in [4.78, 5) is 4.78. The molecule has 1 heterocycles. The highest BCUT2D eigenvalue weighted by atomic mass is 32.1. The third kappa shape index (κ3) is 2.53. The van der Waals surface area contributed by atoms with Gasteiger partial charge in [0.05, 0.1) is 0 Å². The van der Waals surface area contributed by atoms with Gasteiger partial charge in [0.1, 0.15) is 10.8 Å². The zero-order chi connectivity index (χ0) is 12.3. The maximum Gasteiger partial charge on any atom is 0.113 e. The average molecular weight is 245 g/mol. The largest absolute Gasteiger partial charge is 0.389 e. The van der Waals surface area contributed by atoms with Gasteiger partial charge in [0.2, 0.25) is 0 Å². The van der Waals surface area contributed by atoms with Gasteiger partial charge in [-0.25, -0.2) is 4.98 Å². The molecule has 0 amide bonds. The first-order valence-corrected chi connectivity index (χ1v) is 6.05. The first-order valence-electron chi connectivity index (χ1n) is 5.65. The van der Waals surface area contributed by atoms with Crippen LogP contribution in [0.3, 0.4) is 0 Å². The van der Waals surface area contributed by atoms with Crippen LogP contribution >= 0.6 is 12.2 Å². The first-order chi connectivity index (χ1) is 8.22. The highest BCUT2D eigenvalue weighted by molar-refractivity contribution is 7.80. The molecule has 0 spiro atoms. The Kier molecular flexibility index (Phi) is 3.54. The summed E-state index contributed by atoms with van der Waals surface area (Å²) in [6.07, 6.45) is 5.86. The van der Waals surface area contributed by atoms with Crippen LogP contribution in [-0.2, 0) is 6.42 Å². The van der Waals surface area contributed by atoms with Crippen molar-refractivity contribution >= 4 is 17.2 Å². The number of thiocarbonyl (C=S) groups is 1. The molecule has 3 nitrogen and oxygen atoms in total. The van der Waals surface area contributed by atoms with Crippen molar-refractivity contribution in [3.05, 3.63) is 48.0 Å². The minimum atomic E-state index is 0.427. The molecular weight excluding hydrogens is 230 g/mol. The molecule has 88 valence electrons. The Morgan fingerprint density at radius 3 is 2.65 bits per heavy atom. The van der Waals surface area contributed by atoms with Gasteiger partial charge >= 0.3 is 0 Å². The maximum absolute atomic E-state index is 5.57. The van der Waals surface area contributed by atoms with Crippen molar-refractivity contribution in [2.75, 3.05) is 0 Å². The van der Waals surface area contributed by atoms with Gasteiger partial charge in [0.15, 0.2) is 0 Å². The molecule has 0 atom stereocenters. The third-order valence-electron chi connectivity index (χ3n) is 2.62. The second-order valence-electron chi connectivity index (χ2n) is 3.87. The van der Waals surface area contributed by atoms with Gasteiger partial charge in [-0.3, -0.25) is 0 Å². The normalized spacial score (nSPS) is 10.4. The van der Waals surface area contributed by atoms with Gasteiger partial charge in [-0.05, 0) is 30.7 Å². The smallest absolute Gasteiger partial charge is 0.113 e. The van der Waals surface area contributed by atoms with Crippen molar-refractivity contribution in [2.24, 2.45) is 5.73 Å². The Labute approximate surface area is 106 Å². The highest BCUT2D eigenvalue weighted by Gasteiger charge is 2.04. The fourth-order valence-electron chi connectivity index (χ4n) is 1.76. The van der Waals surface area contributed by atoms with Gasteiger partial charge in [-0.1, -0.05) is 19.1 Å². The lowest BCUT2D eigenvalue weighted by molar-refractivity contribution is 0.809. The molecule has 0 bridgehead atoms. The number of benzene rings is 1. The van der Waals surface area contributed by atoms with Crippen LogP contribution in [0, 0.1) is 0 Å². The molecule has 0 saturated heterocycles. The van der Waals surface area contributed by atoms with Crippen molar-refractivity contribution in [1.82, 2.24) is 9.55 Å². The monoisotopic (exact) mass is 245 g/mol. The summed E-state index contributed by atoms with van der Waals surface area (Å²) in [6, 6.07) is 7.89. The van der Waals surface area contributed by atoms with Crippen molar-refractivity contribution < 1.29 is 0 Å². The lowest BCUT2D eigenvalue weighted by Gasteiger charge is -2.07. The van der Waals surface area contributed by atoms with E-state index in [9.17, 15) is 0 Å². The van der Waals surface area contributed by atoms with E-state index in [1.807, 2.05) is 36.7 Å². The molecule has 2 rings (SSSR count). The molecule has 0 fully saturated rings. The van der Waals surface area contributed by atoms with Crippen molar-refractivity contribution in [3.63, 3.8) is 0 Å². The van der Waals surface area contributed by atoms with E-state index in [-0.39, 0.29) is 0 Å². The maximum atomic E-state index is 5.57. The van der Waals surface area contributed by atoms with Crippen LogP contribution in [0.4, 0.5) is 0 Å². The zero-order valence-corrected chi connectivity index (χ0v) is 10.6. The van der Waals surface area contributed by atoms with Crippen LogP contribution < -0.4 is 5.73 Å². The van der Waals surface area contributed by atoms with Crippen molar-refractivity contribution in [3.8, 4) is 5.69 Å². The van der Waals surface area contributed by atoms with Crippen molar-refractivity contribution in [2.45, 2.75) is 19.8 Å².